The highest BCUT2D eigenvalue weighted by Crippen LogP contribution is 1.91. The van der Waals surface area contributed by atoms with Gasteiger partial charge < -0.3 is 0 Å². The fourth-order valence-corrected chi connectivity index (χ4v) is 0. The molecule has 31 valence electrons. The summed E-state index contributed by atoms with van der Waals surface area (Å²) in [7, 11) is 0. The molecule has 0 fully saturated rings. The maximum absolute atomic E-state index is 3.91. The van der Waals surface area contributed by atoms with E-state index in [4.69, 9.17) is 0 Å². The Hall–Kier alpha value is 0.700. The first-order valence-electron chi connectivity index (χ1n) is 1.39. The lowest BCUT2D eigenvalue weighted by Gasteiger charge is -1.88. The summed E-state index contributed by atoms with van der Waals surface area (Å²) in [4.78, 5) is 0. The van der Waals surface area contributed by atoms with Crippen LogP contribution < -0.4 is 0 Å². The molecule has 0 amide bonds. The van der Waals surface area contributed by atoms with E-state index >= 15 is 0 Å². The standard InChI is InChI=1S/C3H7S2/c1-3(5)2-4/h3-5H,1-2H2/t3-/m1/s1. The predicted octanol–water partition coefficient (Wildman–Crippen LogP) is 1.05. The average Bonchev–Trinajstić information content (AvgIpc) is 1.38. The fraction of sp³-hybridized carbons (Fsp3) is 0.667. The third kappa shape index (κ3) is 4.70. The summed E-state index contributed by atoms with van der Waals surface area (Å²) in [6.45, 7) is 3.54. The van der Waals surface area contributed by atoms with Crippen LogP contribution in [0.2, 0.25) is 0 Å². The lowest BCUT2D eigenvalue weighted by atomic mass is 10.6. The molecule has 0 N–H and O–H groups in total. The SMILES string of the molecule is [CH2][C@@H](S)CS. The van der Waals surface area contributed by atoms with E-state index in [-0.39, 0.29) is 5.25 Å². The summed E-state index contributed by atoms with van der Waals surface area (Å²) in [5.41, 5.74) is 0. The monoisotopic (exact) mass is 107 g/mol. The smallest absolute Gasteiger partial charge is 0.0105 e. The Morgan fingerprint density at radius 2 is 2.00 bits per heavy atom. The molecule has 0 spiro atoms. The largest absolute Gasteiger partial charge is 0.178 e. The van der Waals surface area contributed by atoms with Gasteiger partial charge in [-0.3, -0.25) is 0 Å². The highest BCUT2D eigenvalue weighted by atomic mass is 32.1. The average molecular weight is 107 g/mol. The van der Waals surface area contributed by atoms with Crippen molar-refractivity contribution in [3.05, 3.63) is 6.92 Å². The van der Waals surface area contributed by atoms with Gasteiger partial charge in [-0.2, -0.15) is 25.3 Å². The summed E-state index contributed by atoms with van der Waals surface area (Å²) in [6.07, 6.45) is 0. The minimum atomic E-state index is 0.193. The van der Waals surface area contributed by atoms with Gasteiger partial charge in [0.15, 0.2) is 0 Å². The van der Waals surface area contributed by atoms with E-state index in [0.717, 1.165) is 5.75 Å². The highest BCUT2D eigenvalue weighted by Gasteiger charge is 1.82. The van der Waals surface area contributed by atoms with Gasteiger partial charge >= 0.3 is 0 Å². The summed E-state index contributed by atoms with van der Waals surface area (Å²) >= 11 is 7.79. The van der Waals surface area contributed by atoms with E-state index in [1.807, 2.05) is 0 Å². The van der Waals surface area contributed by atoms with Gasteiger partial charge in [0.1, 0.15) is 0 Å². The van der Waals surface area contributed by atoms with Crippen LogP contribution in [-0.4, -0.2) is 11.0 Å². The molecule has 1 atom stereocenters. The number of hydrogen-bond donors (Lipinski definition) is 2. The van der Waals surface area contributed by atoms with E-state index in [1.54, 1.807) is 0 Å². The molecule has 0 saturated heterocycles. The van der Waals surface area contributed by atoms with Gasteiger partial charge in [0, 0.05) is 11.0 Å². The molecule has 0 rings (SSSR count). The van der Waals surface area contributed by atoms with E-state index < -0.39 is 0 Å². The van der Waals surface area contributed by atoms with Crippen molar-refractivity contribution in [2.24, 2.45) is 0 Å². The topological polar surface area (TPSA) is 0 Å². The quantitative estimate of drug-likeness (QED) is 0.460. The molecule has 0 bridgehead atoms. The van der Waals surface area contributed by atoms with Crippen molar-refractivity contribution in [3.8, 4) is 0 Å². The molecule has 1 radical (unpaired) electrons. The molecule has 0 aliphatic heterocycles. The van der Waals surface area contributed by atoms with Gasteiger partial charge in [-0.15, -0.1) is 0 Å². The Bertz CT molecular complexity index is 18.9. The van der Waals surface area contributed by atoms with Crippen LogP contribution in [0.1, 0.15) is 0 Å². The molecule has 0 aliphatic carbocycles. The van der Waals surface area contributed by atoms with E-state index in [9.17, 15) is 0 Å². The van der Waals surface area contributed by atoms with Crippen LogP contribution in [0.25, 0.3) is 0 Å². The van der Waals surface area contributed by atoms with E-state index in [0.29, 0.717) is 0 Å². The molecule has 5 heavy (non-hydrogen) atoms. The van der Waals surface area contributed by atoms with Crippen molar-refractivity contribution in [2.75, 3.05) is 5.75 Å². The minimum Gasteiger partial charge on any atom is -0.178 e. The zero-order valence-electron chi connectivity index (χ0n) is 2.89. The predicted molar refractivity (Wildman–Crippen MR) is 32.0 cm³/mol. The second-order valence-corrected chi connectivity index (χ2v) is 1.93. The van der Waals surface area contributed by atoms with Crippen LogP contribution in [0.15, 0.2) is 0 Å². The third-order valence-electron chi connectivity index (χ3n) is 0.211. The first-order valence-corrected chi connectivity index (χ1v) is 2.54. The third-order valence-corrected chi connectivity index (χ3v) is 1.12. The molecular weight excluding hydrogens is 100 g/mol. The first-order chi connectivity index (χ1) is 2.27. The zero-order chi connectivity index (χ0) is 4.28. The van der Waals surface area contributed by atoms with Gasteiger partial charge in [0.25, 0.3) is 0 Å². The molecule has 0 nitrogen and oxygen atoms in total. The van der Waals surface area contributed by atoms with Crippen LogP contribution in [0.3, 0.4) is 0 Å². The van der Waals surface area contributed by atoms with Gasteiger partial charge in [-0.25, -0.2) is 0 Å². The Morgan fingerprint density at radius 3 is 2.00 bits per heavy atom. The summed E-state index contributed by atoms with van der Waals surface area (Å²) in [5, 5.41) is 0.193. The lowest BCUT2D eigenvalue weighted by Crippen LogP contribution is -1.88. The van der Waals surface area contributed by atoms with Crippen LogP contribution in [-0.2, 0) is 0 Å². The maximum atomic E-state index is 3.91. The normalized spacial score (nSPS) is 15.0. The van der Waals surface area contributed by atoms with Crippen molar-refractivity contribution >= 4 is 25.3 Å². The zero-order valence-corrected chi connectivity index (χ0v) is 4.67. The van der Waals surface area contributed by atoms with Crippen molar-refractivity contribution < 1.29 is 0 Å². The number of hydrogen-bond acceptors (Lipinski definition) is 2. The van der Waals surface area contributed by atoms with Crippen molar-refractivity contribution in [1.82, 2.24) is 0 Å². The number of rotatable bonds is 1. The Morgan fingerprint density at radius 1 is 1.80 bits per heavy atom. The summed E-state index contributed by atoms with van der Waals surface area (Å²) in [6, 6.07) is 0. The van der Waals surface area contributed by atoms with Crippen molar-refractivity contribution in [1.29, 1.82) is 0 Å². The Labute approximate surface area is 43.8 Å². The second kappa shape index (κ2) is 2.91. The second-order valence-electron chi connectivity index (χ2n) is 0.836. The van der Waals surface area contributed by atoms with Crippen molar-refractivity contribution in [2.45, 2.75) is 5.25 Å². The van der Waals surface area contributed by atoms with Gasteiger partial charge in [-0.1, -0.05) is 0 Å². The van der Waals surface area contributed by atoms with Gasteiger partial charge in [0.05, 0.1) is 0 Å². The maximum Gasteiger partial charge on any atom is 0.0105 e. The molecule has 0 aromatic heterocycles. The summed E-state index contributed by atoms with van der Waals surface area (Å²) in [5.74, 6) is 0.753. The summed E-state index contributed by atoms with van der Waals surface area (Å²) < 4.78 is 0. The molecule has 0 aliphatic rings. The lowest BCUT2D eigenvalue weighted by molar-refractivity contribution is 1.29. The molecule has 0 aromatic carbocycles. The Balaban J connectivity index is 2.54. The Kier molecular flexibility index (Phi) is 3.32. The molecule has 0 aromatic rings. The van der Waals surface area contributed by atoms with Gasteiger partial charge in [-0.05, 0) is 6.92 Å². The fourth-order valence-electron chi connectivity index (χ4n) is 0. The van der Waals surface area contributed by atoms with Crippen LogP contribution in [0.4, 0.5) is 0 Å². The molecule has 0 saturated carbocycles. The van der Waals surface area contributed by atoms with Crippen LogP contribution in [0.5, 0.6) is 0 Å². The minimum absolute atomic E-state index is 0.193. The van der Waals surface area contributed by atoms with Crippen LogP contribution in [0, 0.1) is 6.92 Å². The van der Waals surface area contributed by atoms with Gasteiger partial charge in [0.2, 0.25) is 0 Å². The van der Waals surface area contributed by atoms with E-state index in [2.05, 4.69) is 32.2 Å². The molecular formula is C3H7S2. The molecule has 0 unspecified atom stereocenters. The highest BCUT2D eigenvalue weighted by molar-refractivity contribution is 7.84. The molecule has 2 heteroatoms. The van der Waals surface area contributed by atoms with E-state index in [1.165, 1.54) is 0 Å². The number of thiol groups is 2. The first kappa shape index (κ1) is 5.70. The van der Waals surface area contributed by atoms with Crippen molar-refractivity contribution in [3.63, 3.8) is 0 Å². The molecule has 0 heterocycles. The van der Waals surface area contributed by atoms with Crippen LogP contribution >= 0.6 is 25.3 Å².